The molecule has 4 nitrogen and oxygen atoms in total. The normalized spacial score (nSPS) is 38.1. The van der Waals surface area contributed by atoms with Crippen molar-refractivity contribution >= 4 is 0 Å². The molecule has 14 heavy (non-hydrogen) atoms. The molecular weight excluding hydrogens is 184 g/mol. The molecule has 0 N–H and O–H groups in total. The van der Waals surface area contributed by atoms with Crippen molar-refractivity contribution in [2.45, 2.75) is 18.5 Å². The summed E-state index contributed by atoms with van der Waals surface area (Å²) >= 11 is 0. The Morgan fingerprint density at radius 3 is 2.64 bits per heavy atom. The van der Waals surface area contributed by atoms with Crippen molar-refractivity contribution in [1.29, 1.82) is 0 Å². The SMILES string of the molecule is COC12OOC1(C)Oc1ccccc12. The summed E-state index contributed by atoms with van der Waals surface area (Å²) in [6, 6.07) is 7.59. The summed E-state index contributed by atoms with van der Waals surface area (Å²) in [4.78, 5) is 10.0. The van der Waals surface area contributed by atoms with Crippen LogP contribution in [0.2, 0.25) is 0 Å². The van der Waals surface area contributed by atoms with Crippen LogP contribution in [-0.2, 0) is 20.3 Å². The minimum absolute atomic E-state index is 0.745. The van der Waals surface area contributed by atoms with Gasteiger partial charge in [-0.25, -0.2) is 0 Å². The van der Waals surface area contributed by atoms with E-state index in [1.807, 2.05) is 24.3 Å². The maximum absolute atomic E-state index is 5.62. The Morgan fingerprint density at radius 1 is 1.21 bits per heavy atom. The molecule has 0 amide bonds. The number of ether oxygens (including phenoxy) is 2. The molecule has 0 radical (unpaired) electrons. The van der Waals surface area contributed by atoms with Crippen molar-refractivity contribution in [2.75, 3.05) is 7.11 Å². The molecule has 1 aromatic rings. The molecule has 3 rings (SSSR count). The molecule has 2 atom stereocenters. The van der Waals surface area contributed by atoms with Gasteiger partial charge in [0.25, 0.3) is 11.6 Å². The van der Waals surface area contributed by atoms with Crippen molar-refractivity contribution in [3.05, 3.63) is 29.8 Å². The van der Waals surface area contributed by atoms with Crippen LogP contribution in [0, 0.1) is 0 Å². The minimum Gasteiger partial charge on any atom is -0.453 e. The van der Waals surface area contributed by atoms with Gasteiger partial charge in [0.15, 0.2) is 0 Å². The predicted octanol–water partition coefficient (Wildman–Crippen LogP) is 1.56. The van der Waals surface area contributed by atoms with Crippen molar-refractivity contribution < 1.29 is 19.2 Å². The van der Waals surface area contributed by atoms with Crippen LogP contribution in [-0.4, -0.2) is 12.9 Å². The van der Waals surface area contributed by atoms with Gasteiger partial charge in [-0.3, -0.25) is 0 Å². The fourth-order valence-corrected chi connectivity index (χ4v) is 1.98. The lowest BCUT2D eigenvalue weighted by molar-refractivity contribution is -0.643. The average Bonchev–Trinajstić information content (AvgIpc) is 2.35. The van der Waals surface area contributed by atoms with Crippen LogP contribution in [0.5, 0.6) is 5.75 Å². The maximum Gasteiger partial charge on any atom is 0.299 e. The van der Waals surface area contributed by atoms with Crippen LogP contribution in [0.4, 0.5) is 0 Å². The average molecular weight is 194 g/mol. The quantitative estimate of drug-likeness (QED) is 0.636. The second kappa shape index (κ2) is 2.28. The van der Waals surface area contributed by atoms with E-state index in [4.69, 9.17) is 19.2 Å². The fourth-order valence-electron chi connectivity index (χ4n) is 1.98. The molecule has 0 aromatic heterocycles. The van der Waals surface area contributed by atoms with Crippen molar-refractivity contribution in [3.63, 3.8) is 0 Å². The van der Waals surface area contributed by atoms with Crippen LogP contribution < -0.4 is 4.74 Å². The van der Waals surface area contributed by atoms with Gasteiger partial charge in [0.2, 0.25) is 0 Å². The Labute approximate surface area is 81.3 Å². The van der Waals surface area contributed by atoms with E-state index in [2.05, 4.69) is 0 Å². The Morgan fingerprint density at radius 2 is 2.00 bits per heavy atom. The molecular formula is C10H10O4. The smallest absolute Gasteiger partial charge is 0.299 e. The topological polar surface area (TPSA) is 36.9 Å². The molecule has 1 saturated heterocycles. The molecule has 0 spiro atoms. The van der Waals surface area contributed by atoms with E-state index in [0.717, 1.165) is 11.3 Å². The summed E-state index contributed by atoms with van der Waals surface area (Å²) in [6.45, 7) is 1.79. The van der Waals surface area contributed by atoms with Crippen molar-refractivity contribution in [1.82, 2.24) is 0 Å². The molecule has 1 aromatic carbocycles. The zero-order valence-electron chi connectivity index (χ0n) is 7.94. The van der Waals surface area contributed by atoms with E-state index < -0.39 is 11.6 Å². The van der Waals surface area contributed by atoms with Gasteiger partial charge < -0.3 is 9.47 Å². The van der Waals surface area contributed by atoms with Crippen LogP contribution in [0.15, 0.2) is 24.3 Å². The highest BCUT2D eigenvalue weighted by molar-refractivity contribution is 5.43. The van der Waals surface area contributed by atoms with E-state index >= 15 is 0 Å². The number of para-hydroxylation sites is 1. The van der Waals surface area contributed by atoms with E-state index in [-0.39, 0.29) is 0 Å². The molecule has 2 heterocycles. The molecule has 2 unspecified atom stereocenters. The zero-order valence-corrected chi connectivity index (χ0v) is 7.94. The first-order valence-corrected chi connectivity index (χ1v) is 4.42. The molecule has 2 aliphatic rings. The lowest BCUT2D eigenvalue weighted by atomic mass is 9.99. The first-order valence-electron chi connectivity index (χ1n) is 4.42. The second-order valence-corrected chi connectivity index (χ2v) is 3.53. The number of hydrogen-bond acceptors (Lipinski definition) is 4. The van der Waals surface area contributed by atoms with E-state index in [0.29, 0.717) is 0 Å². The first-order chi connectivity index (χ1) is 6.72. The summed E-state index contributed by atoms with van der Waals surface area (Å²) in [5, 5.41) is 0. The Kier molecular flexibility index (Phi) is 1.34. The summed E-state index contributed by atoms with van der Waals surface area (Å²) < 4.78 is 11.0. The number of fused-ring (bicyclic) bond motifs is 3. The molecule has 0 saturated carbocycles. The molecule has 2 aliphatic heterocycles. The standard InChI is InChI=1S/C10H10O4/c1-9-10(11-2,14-13-9)7-5-3-4-6-8(7)12-9/h3-6H,1-2H3. The van der Waals surface area contributed by atoms with Gasteiger partial charge in [-0.1, -0.05) is 12.1 Å². The van der Waals surface area contributed by atoms with Gasteiger partial charge >= 0.3 is 0 Å². The van der Waals surface area contributed by atoms with Gasteiger partial charge in [-0.05, 0) is 12.1 Å². The summed E-state index contributed by atoms with van der Waals surface area (Å²) in [5.41, 5.74) is 0.872. The van der Waals surface area contributed by atoms with Gasteiger partial charge in [-0.15, -0.1) is 0 Å². The molecule has 1 fully saturated rings. The lowest BCUT2D eigenvalue weighted by Gasteiger charge is -2.46. The number of methoxy groups -OCH3 is 1. The van der Waals surface area contributed by atoms with E-state index in [1.54, 1.807) is 14.0 Å². The third-order valence-electron chi connectivity index (χ3n) is 2.75. The largest absolute Gasteiger partial charge is 0.453 e. The monoisotopic (exact) mass is 194 g/mol. The van der Waals surface area contributed by atoms with E-state index in [9.17, 15) is 0 Å². The summed E-state index contributed by atoms with van der Waals surface area (Å²) in [5.74, 6) is -1.01. The van der Waals surface area contributed by atoms with Gasteiger partial charge in [0, 0.05) is 14.0 Å². The summed E-state index contributed by atoms with van der Waals surface area (Å²) in [6.07, 6.45) is 0. The van der Waals surface area contributed by atoms with E-state index in [1.165, 1.54) is 0 Å². The van der Waals surface area contributed by atoms with Crippen LogP contribution in [0.25, 0.3) is 0 Å². The Hall–Kier alpha value is -1.10. The number of rotatable bonds is 1. The molecule has 4 heteroatoms. The highest BCUT2D eigenvalue weighted by atomic mass is 17.3. The lowest BCUT2D eigenvalue weighted by Crippen LogP contribution is -2.63. The van der Waals surface area contributed by atoms with Crippen LogP contribution in [0.1, 0.15) is 12.5 Å². The van der Waals surface area contributed by atoms with Gasteiger partial charge in [-0.2, -0.15) is 9.78 Å². The molecule has 0 aliphatic carbocycles. The third-order valence-corrected chi connectivity index (χ3v) is 2.75. The van der Waals surface area contributed by atoms with Gasteiger partial charge in [0.1, 0.15) is 5.75 Å². The minimum atomic E-state index is -0.899. The Bertz CT molecular complexity index is 387. The summed E-state index contributed by atoms with van der Waals surface area (Å²) in [7, 11) is 1.58. The maximum atomic E-state index is 5.62. The zero-order chi connectivity index (χ0) is 9.81. The van der Waals surface area contributed by atoms with Crippen LogP contribution >= 0.6 is 0 Å². The van der Waals surface area contributed by atoms with Crippen molar-refractivity contribution in [2.24, 2.45) is 0 Å². The first kappa shape index (κ1) is 8.23. The van der Waals surface area contributed by atoms with Crippen molar-refractivity contribution in [3.8, 4) is 5.75 Å². The third kappa shape index (κ3) is 0.671. The highest BCUT2D eigenvalue weighted by Crippen LogP contribution is 2.57. The molecule has 74 valence electrons. The number of hydrogen-bond donors (Lipinski definition) is 0. The molecule has 0 bridgehead atoms. The van der Waals surface area contributed by atoms with Gasteiger partial charge in [0.05, 0.1) is 5.56 Å². The fraction of sp³-hybridized carbons (Fsp3) is 0.400. The highest BCUT2D eigenvalue weighted by Gasteiger charge is 2.71. The Balaban J connectivity index is 2.20. The number of benzene rings is 1. The van der Waals surface area contributed by atoms with Crippen LogP contribution in [0.3, 0.4) is 0 Å². The predicted molar refractivity (Wildman–Crippen MR) is 46.3 cm³/mol. The second-order valence-electron chi connectivity index (χ2n) is 3.53.